The third-order valence-electron chi connectivity index (χ3n) is 4.17. The van der Waals surface area contributed by atoms with Gasteiger partial charge >= 0.3 is 0 Å². The summed E-state index contributed by atoms with van der Waals surface area (Å²) in [7, 11) is 0. The summed E-state index contributed by atoms with van der Waals surface area (Å²) in [5.41, 5.74) is 1.43. The van der Waals surface area contributed by atoms with E-state index in [9.17, 15) is 0 Å². The van der Waals surface area contributed by atoms with Crippen LogP contribution in [0.25, 0.3) is 0 Å². The van der Waals surface area contributed by atoms with Gasteiger partial charge < -0.3 is 4.74 Å². The van der Waals surface area contributed by atoms with Gasteiger partial charge in [-0.2, -0.15) is 0 Å². The quantitative estimate of drug-likeness (QED) is 0.333. The fourth-order valence-electron chi connectivity index (χ4n) is 2.84. The van der Waals surface area contributed by atoms with Gasteiger partial charge in [0.2, 0.25) is 0 Å². The molecule has 0 amide bonds. The van der Waals surface area contributed by atoms with Crippen LogP contribution in [0.5, 0.6) is 0 Å². The van der Waals surface area contributed by atoms with Gasteiger partial charge in [-0.05, 0) is 18.4 Å². The molecule has 0 aromatic rings. The maximum Gasteiger partial charge on any atom is 0.100 e. The summed E-state index contributed by atoms with van der Waals surface area (Å²) >= 11 is 0. The molecule has 0 N–H and O–H groups in total. The molecule has 0 unspecified atom stereocenters. The van der Waals surface area contributed by atoms with Crippen LogP contribution in [-0.2, 0) is 4.74 Å². The molecule has 1 aliphatic heterocycles. The fraction of sp³-hybridized carbons (Fsp3) is 0.789. The highest BCUT2D eigenvalue weighted by Crippen LogP contribution is 2.24. The Bertz CT molecular complexity index is 277. The zero-order chi connectivity index (χ0) is 14.5. The monoisotopic (exact) mass is 278 g/mol. The molecule has 0 spiro atoms. The Kier molecular flexibility index (Phi) is 10.4. The van der Waals surface area contributed by atoms with E-state index in [1.807, 2.05) is 6.26 Å². The molecule has 1 heteroatoms. The normalized spacial score (nSPS) is 14.4. The van der Waals surface area contributed by atoms with Crippen molar-refractivity contribution < 1.29 is 4.74 Å². The fourth-order valence-corrected chi connectivity index (χ4v) is 2.84. The number of hydrogen-bond donors (Lipinski definition) is 0. The average molecular weight is 278 g/mol. The van der Waals surface area contributed by atoms with Crippen molar-refractivity contribution in [1.82, 2.24) is 0 Å². The Hall–Kier alpha value is -0.720. The van der Waals surface area contributed by atoms with Crippen LogP contribution in [0, 0.1) is 0 Å². The molecule has 0 atom stereocenters. The van der Waals surface area contributed by atoms with E-state index in [-0.39, 0.29) is 0 Å². The molecule has 20 heavy (non-hydrogen) atoms. The van der Waals surface area contributed by atoms with Crippen molar-refractivity contribution in [2.45, 2.75) is 96.8 Å². The lowest BCUT2D eigenvalue weighted by atomic mass is 10.0. The second-order valence-corrected chi connectivity index (χ2v) is 6.25. The van der Waals surface area contributed by atoms with Crippen molar-refractivity contribution in [2.75, 3.05) is 0 Å². The Balaban J connectivity index is 1.73. The Morgan fingerprint density at radius 2 is 1.35 bits per heavy atom. The van der Waals surface area contributed by atoms with Crippen molar-refractivity contribution in [2.24, 2.45) is 0 Å². The molecule has 0 fully saturated rings. The zero-order valence-electron chi connectivity index (χ0n) is 13.6. The molecule has 0 aromatic heterocycles. The first-order chi connectivity index (χ1) is 9.83. The molecule has 1 aliphatic rings. The summed E-state index contributed by atoms with van der Waals surface area (Å²) in [5.74, 6) is 0.916. The van der Waals surface area contributed by atoms with Crippen molar-refractivity contribution in [1.29, 1.82) is 0 Å². The first kappa shape index (κ1) is 17.3. The number of hydrogen-bond acceptors (Lipinski definition) is 1. The third kappa shape index (κ3) is 9.23. The van der Waals surface area contributed by atoms with Crippen LogP contribution < -0.4 is 0 Å². The average Bonchev–Trinajstić information content (AvgIpc) is 2.86. The maximum atomic E-state index is 5.27. The summed E-state index contributed by atoms with van der Waals surface area (Å²) in [6.45, 7) is 6.12. The van der Waals surface area contributed by atoms with Gasteiger partial charge in [0.25, 0.3) is 0 Å². The van der Waals surface area contributed by atoms with E-state index in [1.165, 1.54) is 89.0 Å². The molecule has 0 radical (unpaired) electrons. The van der Waals surface area contributed by atoms with Crippen molar-refractivity contribution >= 4 is 0 Å². The number of rotatable bonds is 13. The highest BCUT2D eigenvalue weighted by Gasteiger charge is 2.08. The minimum Gasteiger partial charge on any atom is -0.470 e. The largest absolute Gasteiger partial charge is 0.470 e. The molecule has 0 saturated heterocycles. The SMILES string of the molecule is C=C1CC(CCCCCCCCCCCCCC)=CO1. The first-order valence-electron chi connectivity index (χ1n) is 8.85. The molecule has 1 rings (SSSR count). The van der Waals surface area contributed by atoms with Gasteiger partial charge in [0.15, 0.2) is 0 Å². The molecule has 116 valence electrons. The number of ether oxygens (including phenoxy) is 1. The topological polar surface area (TPSA) is 9.23 Å². The number of unbranched alkanes of at least 4 members (excludes halogenated alkanes) is 11. The maximum absolute atomic E-state index is 5.27. The van der Waals surface area contributed by atoms with Gasteiger partial charge in [0.1, 0.15) is 5.76 Å². The molecule has 1 heterocycles. The third-order valence-corrected chi connectivity index (χ3v) is 4.17. The minimum absolute atomic E-state index is 0.916. The summed E-state index contributed by atoms with van der Waals surface area (Å²) < 4.78 is 5.27. The summed E-state index contributed by atoms with van der Waals surface area (Å²) in [4.78, 5) is 0. The summed E-state index contributed by atoms with van der Waals surface area (Å²) in [6.07, 6.45) is 21.1. The van der Waals surface area contributed by atoms with E-state index < -0.39 is 0 Å². The molecule has 1 nitrogen and oxygen atoms in total. The first-order valence-corrected chi connectivity index (χ1v) is 8.85. The standard InChI is InChI=1S/C19H34O/c1-3-4-5-6-7-8-9-10-11-12-13-14-15-19-16-18(2)20-17-19/h17H,2-16H2,1H3. The Morgan fingerprint density at radius 1 is 0.850 bits per heavy atom. The van der Waals surface area contributed by atoms with E-state index in [1.54, 1.807) is 0 Å². The van der Waals surface area contributed by atoms with Crippen LogP contribution >= 0.6 is 0 Å². The van der Waals surface area contributed by atoms with Gasteiger partial charge in [-0.15, -0.1) is 0 Å². The lowest BCUT2D eigenvalue weighted by Crippen LogP contribution is -1.84. The van der Waals surface area contributed by atoms with Crippen molar-refractivity contribution in [3.05, 3.63) is 24.2 Å². The van der Waals surface area contributed by atoms with Crippen LogP contribution in [0.4, 0.5) is 0 Å². The summed E-state index contributed by atoms with van der Waals surface area (Å²) in [6, 6.07) is 0. The van der Waals surface area contributed by atoms with Gasteiger partial charge in [-0.1, -0.05) is 84.1 Å². The van der Waals surface area contributed by atoms with E-state index in [4.69, 9.17) is 4.74 Å². The highest BCUT2D eigenvalue weighted by atomic mass is 16.5. The van der Waals surface area contributed by atoms with Gasteiger partial charge in [-0.3, -0.25) is 0 Å². The predicted octanol–water partition coefficient (Wildman–Crippen LogP) is 6.90. The Labute approximate surface area is 126 Å². The lowest BCUT2D eigenvalue weighted by molar-refractivity contribution is 0.369. The second kappa shape index (κ2) is 12.1. The molecular weight excluding hydrogens is 244 g/mol. The van der Waals surface area contributed by atoms with Crippen LogP contribution in [0.15, 0.2) is 24.2 Å². The van der Waals surface area contributed by atoms with Gasteiger partial charge in [-0.25, -0.2) is 0 Å². The van der Waals surface area contributed by atoms with E-state index >= 15 is 0 Å². The second-order valence-electron chi connectivity index (χ2n) is 6.25. The van der Waals surface area contributed by atoms with Crippen LogP contribution in [0.3, 0.4) is 0 Å². The lowest BCUT2D eigenvalue weighted by Gasteiger charge is -2.03. The van der Waals surface area contributed by atoms with Gasteiger partial charge in [0.05, 0.1) is 6.26 Å². The van der Waals surface area contributed by atoms with Crippen molar-refractivity contribution in [3.8, 4) is 0 Å². The van der Waals surface area contributed by atoms with Crippen molar-refractivity contribution in [3.63, 3.8) is 0 Å². The zero-order valence-corrected chi connectivity index (χ0v) is 13.6. The van der Waals surface area contributed by atoms with E-state index in [0.29, 0.717) is 0 Å². The van der Waals surface area contributed by atoms with Crippen LogP contribution in [0.2, 0.25) is 0 Å². The van der Waals surface area contributed by atoms with E-state index in [0.717, 1.165) is 12.2 Å². The Morgan fingerprint density at radius 3 is 1.80 bits per heavy atom. The minimum atomic E-state index is 0.916. The molecular formula is C19H34O. The summed E-state index contributed by atoms with van der Waals surface area (Å²) in [5, 5.41) is 0. The molecule has 0 saturated carbocycles. The van der Waals surface area contributed by atoms with Gasteiger partial charge in [0, 0.05) is 6.42 Å². The highest BCUT2D eigenvalue weighted by molar-refractivity contribution is 5.13. The van der Waals surface area contributed by atoms with Crippen LogP contribution in [0.1, 0.15) is 96.8 Å². The van der Waals surface area contributed by atoms with Crippen LogP contribution in [-0.4, -0.2) is 0 Å². The molecule has 0 aromatic carbocycles. The van der Waals surface area contributed by atoms with E-state index in [2.05, 4.69) is 13.5 Å². The molecule has 0 aliphatic carbocycles. The smallest absolute Gasteiger partial charge is 0.100 e. The molecule has 0 bridgehead atoms. The number of allylic oxidation sites excluding steroid dienone is 1. The predicted molar refractivity (Wildman–Crippen MR) is 88.6 cm³/mol.